The molecule has 2 aromatic rings. The van der Waals surface area contributed by atoms with Crippen LogP contribution in [0, 0.1) is 0 Å². The van der Waals surface area contributed by atoms with E-state index in [-0.39, 0.29) is 4.90 Å². The maximum Gasteiger partial charge on any atom is 0.263 e. The Kier molecular flexibility index (Phi) is 5.03. The maximum atomic E-state index is 12.3. The number of H-pyrrole nitrogens is 1. The van der Waals surface area contributed by atoms with E-state index in [4.69, 9.17) is 0 Å². The van der Waals surface area contributed by atoms with Gasteiger partial charge in [0, 0.05) is 31.2 Å². The zero-order valence-electron chi connectivity index (χ0n) is 12.3. The summed E-state index contributed by atoms with van der Waals surface area (Å²) < 4.78 is 29.1. The summed E-state index contributed by atoms with van der Waals surface area (Å²) in [6, 6.07) is 1.70. The number of sulfonamides is 1. The van der Waals surface area contributed by atoms with Gasteiger partial charge in [-0.15, -0.1) is 0 Å². The first-order valence-corrected chi connectivity index (χ1v) is 8.46. The molecular weight excluding hydrogens is 290 g/mol. The van der Waals surface area contributed by atoms with Crippen molar-refractivity contribution in [2.24, 2.45) is 0 Å². The SMILES string of the molecule is CCCNCc1cc(S(=O)(=O)Nc2cn[nH]c2)cn1CC. The van der Waals surface area contributed by atoms with E-state index in [1.54, 1.807) is 12.3 Å². The van der Waals surface area contributed by atoms with Crippen LogP contribution in [0.3, 0.4) is 0 Å². The normalized spacial score (nSPS) is 11.7. The molecule has 0 bridgehead atoms. The number of hydrogen-bond acceptors (Lipinski definition) is 4. The minimum Gasteiger partial charge on any atom is -0.349 e. The van der Waals surface area contributed by atoms with Crippen LogP contribution in [0.5, 0.6) is 0 Å². The molecule has 0 spiro atoms. The third-order valence-electron chi connectivity index (χ3n) is 3.10. The number of aromatic nitrogens is 3. The summed E-state index contributed by atoms with van der Waals surface area (Å²) in [4.78, 5) is 0.263. The Balaban J connectivity index is 2.19. The first-order valence-electron chi connectivity index (χ1n) is 6.98. The van der Waals surface area contributed by atoms with Crippen LogP contribution < -0.4 is 10.0 Å². The molecule has 21 heavy (non-hydrogen) atoms. The Morgan fingerprint density at radius 3 is 2.81 bits per heavy atom. The van der Waals surface area contributed by atoms with E-state index < -0.39 is 10.0 Å². The van der Waals surface area contributed by atoms with E-state index in [1.165, 1.54) is 12.4 Å². The Labute approximate surface area is 124 Å². The van der Waals surface area contributed by atoms with Crippen LogP contribution in [0.25, 0.3) is 0 Å². The van der Waals surface area contributed by atoms with Crippen molar-refractivity contribution in [2.75, 3.05) is 11.3 Å². The van der Waals surface area contributed by atoms with Crippen molar-refractivity contribution in [3.05, 3.63) is 30.4 Å². The van der Waals surface area contributed by atoms with Gasteiger partial charge in [0.1, 0.15) is 4.90 Å². The van der Waals surface area contributed by atoms with Gasteiger partial charge in [0.25, 0.3) is 10.0 Å². The van der Waals surface area contributed by atoms with Gasteiger partial charge < -0.3 is 9.88 Å². The highest BCUT2D eigenvalue weighted by Gasteiger charge is 2.18. The average Bonchev–Trinajstić information content (AvgIpc) is 3.08. The molecule has 0 aliphatic carbocycles. The lowest BCUT2D eigenvalue weighted by Crippen LogP contribution is -2.16. The summed E-state index contributed by atoms with van der Waals surface area (Å²) in [5, 5.41) is 9.58. The third-order valence-corrected chi connectivity index (χ3v) is 4.44. The summed E-state index contributed by atoms with van der Waals surface area (Å²) in [6.07, 6.45) is 5.63. The first kappa shape index (κ1) is 15.6. The van der Waals surface area contributed by atoms with Gasteiger partial charge in [-0.25, -0.2) is 8.42 Å². The molecule has 7 nitrogen and oxygen atoms in total. The molecule has 0 atom stereocenters. The standard InChI is InChI=1S/C13H21N5O2S/c1-3-5-14-9-12-6-13(10-18(12)4-2)21(19,20)17-11-7-15-16-8-11/h6-8,10,14,17H,3-5,9H2,1-2H3,(H,15,16). The molecule has 2 heterocycles. The minimum absolute atomic E-state index is 0.263. The van der Waals surface area contributed by atoms with Gasteiger partial charge in [-0.05, 0) is 26.0 Å². The van der Waals surface area contributed by atoms with Gasteiger partial charge in [0.2, 0.25) is 0 Å². The van der Waals surface area contributed by atoms with Gasteiger partial charge in [0.05, 0.1) is 11.9 Å². The van der Waals surface area contributed by atoms with Crippen LogP contribution in [0.1, 0.15) is 26.0 Å². The molecular formula is C13H21N5O2S. The predicted octanol–water partition coefficient (Wildman–Crippen LogP) is 1.53. The summed E-state index contributed by atoms with van der Waals surface area (Å²) in [7, 11) is -3.58. The van der Waals surface area contributed by atoms with E-state index in [9.17, 15) is 8.42 Å². The Morgan fingerprint density at radius 1 is 1.38 bits per heavy atom. The molecule has 0 aliphatic rings. The van der Waals surface area contributed by atoms with E-state index in [0.717, 1.165) is 25.2 Å². The van der Waals surface area contributed by atoms with Crippen molar-refractivity contribution >= 4 is 15.7 Å². The lowest BCUT2D eigenvalue weighted by Gasteiger charge is -2.06. The molecule has 0 saturated carbocycles. The van der Waals surface area contributed by atoms with Crippen LogP contribution in [-0.2, 0) is 23.1 Å². The summed E-state index contributed by atoms with van der Waals surface area (Å²) in [5.74, 6) is 0. The van der Waals surface area contributed by atoms with Crippen molar-refractivity contribution in [1.29, 1.82) is 0 Å². The Bertz CT molecular complexity index is 661. The quantitative estimate of drug-likeness (QED) is 0.645. The molecule has 0 amide bonds. The smallest absolute Gasteiger partial charge is 0.263 e. The van der Waals surface area contributed by atoms with Gasteiger partial charge in [-0.3, -0.25) is 9.82 Å². The minimum atomic E-state index is -3.58. The fourth-order valence-electron chi connectivity index (χ4n) is 2.03. The topological polar surface area (TPSA) is 91.8 Å². The van der Waals surface area contributed by atoms with Crippen LogP contribution in [-0.4, -0.2) is 29.7 Å². The fourth-order valence-corrected chi connectivity index (χ4v) is 3.13. The second-order valence-electron chi connectivity index (χ2n) is 4.72. The van der Waals surface area contributed by atoms with E-state index in [2.05, 4.69) is 27.2 Å². The molecule has 3 N–H and O–H groups in total. The fraction of sp³-hybridized carbons (Fsp3) is 0.462. The lowest BCUT2D eigenvalue weighted by atomic mass is 10.4. The van der Waals surface area contributed by atoms with Crippen LogP contribution >= 0.6 is 0 Å². The Morgan fingerprint density at radius 2 is 2.19 bits per heavy atom. The van der Waals surface area contributed by atoms with Gasteiger partial charge in [-0.1, -0.05) is 6.92 Å². The predicted molar refractivity (Wildman–Crippen MR) is 81.5 cm³/mol. The summed E-state index contributed by atoms with van der Waals surface area (Å²) >= 11 is 0. The van der Waals surface area contributed by atoms with Crippen molar-refractivity contribution in [2.45, 2.75) is 38.3 Å². The molecule has 0 aromatic carbocycles. The van der Waals surface area contributed by atoms with Crippen molar-refractivity contribution in [1.82, 2.24) is 20.1 Å². The van der Waals surface area contributed by atoms with Gasteiger partial charge in [-0.2, -0.15) is 5.10 Å². The van der Waals surface area contributed by atoms with Gasteiger partial charge in [0.15, 0.2) is 0 Å². The van der Waals surface area contributed by atoms with Crippen LogP contribution in [0.2, 0.25) is 0 Å². The first-order chi connectivity index (χ1) is 10.1. The highest BCUT2D eigenvalue weighted by molar-refractivity contribution is 7.92. The number of nitrogens with zero attached hydrogens (tertiary/aromatic N) is 2. The zero-order valence-corrected chi connectivity index (χ0v) is 13.1. The van der Waals surface area contributed by atoms with Crippen molar-refractivity contribution in [3.63, 3.8) is 0 Å². The number of anilines is 1. The number of aryl methyl sites for hydroxylation is 1. The van der Waals surface area contributed by atoms with Crippen LogP contribution in [0.15, 0.2) is 29.6 Å². The molecule has 0 fully saturated rings. The van der Waals surface area contributed by atoms with E-state index >= 15 is 0 Å². The average molecular weight is 311 g/mol. The largest absolute Gasteiger partial charge is 0.349 e. The zero-order chi connectivity index (χ0) is 15.3. The molecule has 0 saturated heterocycles. The molecule has 2 aromatic heterocycles. The molecule has 8 heteroatoms. The van der Waals surface area contributed by atoms with Crippen LogP contribution in [0.4, 0.5) is 5.69 Å². The summed E-state index contributed by atoms with van der Waals surface area (Å²) in [6.45, 7) is 6.37. The number of aromatic amines is 1. The number of rotatable bonds is 8. The maximum absolute atomic E-state index is 12.3. The van der Waals surface area contributed by atoms with Gasteiger partial charge >= 0.3 is 0 Å². The molecule has 0 aliphatic heterocycles. The van der Waals surface area contributed by atoms with Crippen molar-refractivity contribution in [3.8, 4) is 0 Å². The molecule has 0 radical (unpaired) electrons. The summed E-state index contributed by atoms with van der Waals surface area (Å²) in [5.41, 5.74) is 1.38. The number of nitrogens with one attached hydrogen (secondary N) is 3. The van der Waals surface area contributed by atoms with Crippen molar-refractivity contribution < 1.29 is 8.42 Å². The van der Waals surface area contributed by atoms with E-state index in [0.29, 0.717) is 12.2 Å². The number of hydrogen-bond donors (Lipinski definition) is 3. The molecule has 2 rings (SSSR count). The second-order valence-corrected chi connectivity index (χ2v) is 6.40. The highest BCUT2D eigenvalue weighted by Crippen LogP contribution is 2.18. The lowest BCUT2D eigenvalue weighted by molar-refractivity contribution is 0.600. The van der Waals surface area contributed by atoms with E-state index in [1.807, 2.05) is 11.5 Å². The third kappa shape index (κ3) is 3.85. The Hall–Kier alpha value is -1.80. The highest BCUT2D eigenvalue weighted by atomic mass is 32.2. The molecule has 116 valence electrons. The monoisotopic (exact) mass is 311 g/mol. The second kappa shape index (κ2) is 6.77. The molecule has 0 unspecified atom stereocenters.